The van der Waals surface area contributed by atoms with Gasteiger partial charge in [0.15, 0.2) is 5.82 Å². The molecule has 2 aromatic rings. The summed E-state index contributed by atoms with van der Waals surface area (Å²) in [5.41, 5.74) is 0. The molecular formula is C16H19FN4O2S. The number of sulfonamides is 1. The molecule has 0 amide bonds. The number of hydrogen-bond acceptors (Lipinski definition) is 4. The minimum Gasteiger partial charge on any atom is -0.263 e. The minimum atomic E-state index is -3.64. The molecule has 1 aromatic heterocycles. The summed E-state index contributed by atoms with van der Waals surface area (Å²) in [6.45, 7) is 0.811. The number of halogens is 1. The van der Waals surface area contributed by atoms with E-state index in [4.69, 9.17) is 0 Å². The van der Waals surface area contributed by atoms with Crippen molar-refractivity contribution in [1.82, 2.24) is 19.5 Å². The first kappa shape index (κ1) is 15.7. The Balaban J connectivity index is 1.45. The van der Waals surface area contributed by atoms with Gasteiger partial charge in [-0.1, -0.05) is 6.07 Å². The number of nitrogens with zero attached hydrogens (tertiary/aromatic N) is 3. The van der Waals surface area contributed by atoms with Gasteiger partial charge in [-0.3, -0.25) is 5.10 Å². The van der Waals surface area contributed by atoms with Crippen LogP contribution < -0.4 is 0 Å². The van der Waals surface area contributed by atoms with E-state index in [1.54, 1.807) is 0 Å². The van der Waals surface area contributed by atoms with Crippen LogP contribution in [0.4, 0.5) is 4.39 Å². The van der Waals surface area contributed by atoms with Gasteiger partial charge in [-0.15, -0.1) is 0 Å². The molecule has 128 valence electrons. The Bertz CT molecular complexity index is 839. The van der Waals surface area contributed by atoms with Gasteiger partial charge in [-0.2, -0.15) is 9.40 Å². The van der Waals surface area contributed by atoms with Crippen LogP contribution in [0, 0.1) is 5.82 Å². The van der Waals surface area contributed by atoms with E-state index in [2.05, 4.69) is 15.2 Å². The summed E-state index contributed by atoms with van der Waals surface area (Å²) in [7, 11) is -3.64. The Kier molecular flexibility index (Phi) is 3.88. The zero-order valence-corrected chi connectivity index (χ0v) is 14.0. The lowest BCUT2D eigenvalue weighted by Crippen LogP contribution is -2.38. The molecule has 8 heteroatoms. The Morgan fingerprint density at radius 3 is 2.54 bits per heavy atom. The molecule has 24 heavy (non-hydrogen) atoms. The Labute approximate surface area is 140 Å². The summed E-state index contributed by atoms with van der Waals surface area (Å²) in [5.74, 6) is 1.91. The van der Waals surface area contributed by atoms with Crippen LogP contribution in [0.5, 0.6) is 0 Å². The van der Waals surface area contributed by atoms with Crippen LogP contribution in [0.3, 0.4) is 0 Å². The molecule has 1 aromatic carbocycles. The SMILES string of the molecule is O=S(=O)(c1cccc(F)c1)N1CCC(c2nc(C3CC3)n[nH]2)CC1. The second kappa shape index (κ2) is 5.93. The number of nitrogens with one attached hydrogen (secondary N) is 1. The van der Waals surface area contributed by atoms with Gasteiger partial charge in [-0.05, 0) is 43.9 Å². The van der Waals surface area contributed by atoms with Crippen molar-refractivity contribution < 1.29 is 12.8 Å². The first-order valence-electron chi connectivity index (χ1n) is 8.22. The first-order chi connectivity index (χ1) is 11.5. The molecule has 0 unspecified atom stereocenters. The number of aromatic amines is 1. The molecule has 4 rings (SSSR count). The number of aromatic nitrogens is 3. The van der Waals surface area contributed by atoms with Gasteiger partial charge in [0.05, 0.1) is 4.90 Å². The van der Waals surface area contributed by atoms with Crippen molar-refractivity contribution in [2.24, 2.45) is 0 Å². The molecule has 1 saturated heterocycles. The Hall–Kier alpha value is -1.80. The first-order valence-corrected chi connectivity index (χ1v) is 9.66. The summed E-state index contributed by atoms with van der Waals surface area (Å²) < 4.78 is 40.0. The predicted octanol–water partition coefficient (Wildman–Crippen LogP) is 2.39. The van der Waals surface area contributed by atoms with Crippen molar-refractivity contribution in [3.63, 3.8) is 0 Å². The number of H-pyrrole nitrogens is 1. The lowest BCUT2D eigenvalue weighted by atomic mass is 9.97. The zero-order valence-electron chi connectivity index (χ0n) is 13.2. The lowest BCUT2D eigenvalue weighted by Gasteiger charge is -2.30. The fraction of sp³-hybridized carbons (Fsp3) is 0.500. The average Bonchev–Trinajstić information content (AvgIpc) is 3.32. The van der Waals surface area contributed by atoms with Crippen LogP contribution in [0.25, 0.3) is 0 Å². The van der Waals surface area contributed by atoms with Crippen LogP contribution in [0.15, 0.2) is 29.2 Å². The number of benzene rings is 1. The Morgan fingerprint density at radius 1 is 1.12 bits per heavy atom. The lowest BCUT2D eigenvalue weighted by molar-refractivity contribution is 0.313. The summed E-state index contributed by atoms with van der Waals surface area (Å²) in [6.07, 6.45) is 3.69. The van der Waals surface area contributed by atoms with Crippen LogP contribution in [-0.2, 0) is 10.0 Å². The molecule has 1 saturated carbocycles. The molecule has 0 radical (unpaired) electrons. The summed E-state index contributed by atoms with van der Waals surface area (Å²) in [4.78, 5) is 4.58. The van der Waals surface area contributed by atoms with E-state index in [0.29, 0.717) is 31.8 Å². The van der Waals surface area contributed by atoms with Crippen molar-refractivity contribution in [2.75, 3.05) is 13.1 Å². The maximum Gasteiger partial charge on any atom is 0.243 e. The zero-order chi connectivity index (χ0) is 16.7. The van der Waals surface area contributed by atoms with Crippen molar-refractivity contribution in [1.29, 1.82) is 0 Å². The van der Waals surface area contributed by atoms with Gasteiger partial charge < -0.3 is 0 Å². The smallest absolute Gasteiger partial charge is 0.243 e. The van der Waals surface area contributed by atoms with E-state index in [9.17, 15) is 12.8 Å². The number of piperidine rings is 1. The molecule has 2 heterocycles. The molecule has 6 nitrogen and oxygen atoms in total. The highest BCUT2D eigenvalue weighted by Crippen LogP contribution is 2.38. The standard InChI is InChI=1S/C16H19FN4O2S/c17-13-2-1-3-14(10-13)24(22,23)21-8-6-12(7-9-21)16-18-15(19-20-16)11-4-5-11/h1-3,10-12H,4-9H2,(H,18,19,20). The molecule has 0 atom stereocenters. The fourth-order valence-electron chi connectivity index (χ4n) is 3.14. The quantitative estimate of drug-likeness (QED) is 0.918. The van der Waals surface area contributed by atoms with Gasteiger partial charge in [0, 0.05) is 24.9 Å². The maximum absolute atomic E-state index is 13.3. The Morgan fingerprint density at radius 2 is 1.88 bits per heavy atom. The third-order valence-electron chi connectivity index (χ3n) is 4.74. The van der Waals surface area contributed by atoms with Crippen molar-refractivity contribution in [3.8, 4) is 0 Å². The average molecular weight is 350 g/mol. The minimum absolute atomic E-state index is 0.0108. The van der Waals surface area contributed by atoms with Crippen molar-refractivity contribution >= 4 is 10.0 Å². The maximum atomic E-state index is 13.3. The molecule has 1 N–H and O–H groups in total. The third kappa shape index (κ3) is 2.95. The van der Waals surface area contributed by atoms with Gasteiger partial charge in [-0.25, -0.2) is 17.8 Å². The summed E-state index contributed by atoms with van der Waals surface area (Å²) in [6, 6.07) is 5.16. The molecule has 2 fully saturated rings. The summed E-state index contributed by atoms with van der Waals surface area (Å²) >= 11 is 0. The normalized spacial score (nSPS) is 20.4. The topological polar surface area (TPSA) is 79.0 Å². The molecule has 0 bridgehead atoms. The molecular weight excluding hydrogens is 331 g/mol. The molecule has 1 aliphatic carbocycles. The van der Waals surface area contributed by atoms with Crippen LogP contribution >= 0.6 is 0 Å². The van der Waals surface area contributed by atoms with E-state index in [1.807, 2.05) is 0 Å². The second-order valence-electron chi connectivity index (χ2n) is 6.49. The molecule has 0 spiro atoms. The number of hydrogen-bond donors (Lipinski definition) is 1. The van der Waals surface area contributed by atoms with Gasteiger partial charge in [0.1, 0.15) is 11.6 Å². The van der Waals surface area contributed by atoms with E-state index >= 15 is 0 Å². The third-order valence-corrected chi connectivity index (χ3v) is 6.63. The second-order valence-corrected chi connectivity index (χ2v) is 8.43. The van der Waals surface area contributed by atoms with Crippen molar-refractivity contribution in [3.05, 3.63) is 41.7 Å². The van der Waals surface area contributed by atoms with Gasteiger partial charge in [0.2, 0.25) is 10.0 Å². The van der Waals surface area contributed by atoms with Crippen LogP contribution in [0.1, 0.15) is 49.2 Å². The molecule has 2 aliphatic rings. The number of rotatable bonds is 4. The summed E-state index contributed by atoms with van der Waals surface area (Å²) in [5, 5.41) is 7.28. The van der Waals surface area contributed by atoms with E-state index in [1.165, 1.54) is 22.5 Å². The van der Waals surface area contributed by atoms with E-state index in [0.717, 1.165) is 30.6 Å². The van der Waals surface area contributed by atoms with E-state index < -0.39 is 15.8 Å². The van der Waals surface area contributed by atoms with Crippen molar-refractivity contribution in [2.45, 2.75) is 42.4 Å². The highest BCUT2D eigenvalue weighted by atomic mass is 32.2. The van der Waals surface area contributed by atoms with Crippen LogP contribution in [-0.4, -0.2) is 41.0 Å². The monoisotopic (exact) mass is 350 g/mol. The van der Waals surface area contributed by atoms with Gasteiger partial charge in [0.25, 0.3) is 0 Å². The van der Waals surface area contributed by atoms with E-state index in [-0.39, 0.29) is 10.8 Å². The van der Waals surface area contributed by atoms with Gasteiger partial charge >= 0.3 is 0 Å². The highest BCUT2D eigenvalue weighted by molar-refractivity contribution is 7.89. The largest absolute Gasteiger partial charge is 0.263 e. The van der Waals surface area contributed by atoms with Crippen LogP contribution in [0.2, 0.25) is 0 Å². The highest BCUT2D eigenvalue weighted by Gasteiger charge is 2.33. The molecule has 1 aliphatic heterocycles. The fourth-order valence-corrected chi connectivity index (χ4v) is 4.64. The predicted molar refractivity (Wildman–Crippen MR) is 85.5 cm³/mol.